The summed E-state index contributed by atoms with van der Waals surface area (Å²) in [4.78, 5) is 24.3. The lowest BCUT2D eigenvalue weighted by atomic mass is 9.96. The minimum Gasteiger partial charge on any atom is -0.389 e. The molecule has 0 unspecified atom stereocenters. The summed E-state index contributed by atoms with van der Waals surface area (Å²) in [5.41, 5.74) is 0.149. The molecule has 1 fully saturated rings. The highest BCUT2D eigenvalue weighted by Gasteiger charge is 2.34. The summed E-state index contributed by atoms with van der Waals surface area (Å²) in [7, 11) is -0.840. The maximum atomic E-state index is 13.0. The van der Waals surface area contributed by atoms with Crippen LogP contribution in [-0.4, -0.2) is 80.1 Å². The number of non-ortho nitro benzene ring substituents is 1. The molecular weight excluding hydrogens is 402 g/mol. The highest BCUT2D eigenvalue weighted by atomic mass is 32.2. The lowest BCUT2D eigenvalue weighted by Gasteiger charge is -2.33. The van der Waals surface area contributed by atoms with E-state index in [4.69, 9.17) is 4.74 Å². The smallest absolute Gasteiger partial charge is 0.270 e. The summed E-state index contributed by atoms with van der Waals surface area (Å²) in [5, 5.41) is 20.8. The normalized spacial score (nSPS) is 17.1. The zero-order chi connectivity index (χ0) is 21.8. The molecule has 1 heterocycles. The van der Waals surface area contributed by atoms with Crippen molar-refractivity contribution in [3.8, 4) is 0 Å². The number of likely N-dealkylation sites (N-methyl/N-ethyl adjacent to an activating group) is 1. The number of hydrogen-bond acceptors (Lipinski definition) is 7. The van der Waals surface area contributed by atoms with E-state index < -0.39 is 21.1 Å². The van der Waals surface area contributed by atoms with E-state index >= 15 is 0 Å². The van der Waals surface area contributed by atoms with Gasteiger partial charge in [-0.15, -0.1) is 0 Å². The number of nitro benzene ring substituents is 1. The molecule has 1 N–H and O–H groups in total. The van der Waals surface area contributed by atoms with Gasteiger partial charge in [-0.05, 0) is 25.3 Å². The first-order valence-electron chi connectivity index (χ1n) is 9.25. The largest absolute Gasteiger partial charge is 0.389 e. The fourth-order valence-corrected chi connectivity index (χ4v) is 5.14. The molecule has 0 spiro atoms. The van der Waals surface area contributed by atoms with Crippen molar-refractivity contribution in [3.63, 3.8) is 0 Å². The lowest BCUT2D eigenvalue weighted by Crippen LogP contribution is -2.45. The molecule has 0 aromatic heterocycles. The Hall–Kier alpha value is -2.08. The van der Waals surface area contributed by atoms with Gasteiger partial charge < -0.3 is 14.7 Å². The number of ether oxygens (including phenoxy) is 1. The molecule has 0 bridgehead atoms. The third-order valence-electron chi connectivity index (χ3n) is 5.02. The van der Waals surface area contributed by atoms with Crippen LogP contribution in [0, 0.1) is 23.0 Å². The molecule has 1 aromatic carbocycles. The Bertz CT molecular complexity index is 851. The maximum absolute atomic E-state index is 13.0. The molecule has 10 nitrogen and oxygen atoms in total. The number of nitro groups is 1. The van der Waals surface area contributed by atoms with Gasteiger partial charge in [-0.1, -0.05) is 6.07 Å². The fourth-order valence-electron chi connectivity index (χ4n) is 3.43. The van der Waals surface area contributed by atoms with E-state index in [-0.39, 0.29) is 48.6 Å². The van der Waals surface area contributed by atoms with Gasteiger partial charge in [0.2, 0.25) is 15.9 Å². The van der Waals surface area contributed by atoms with E-state index in [0.29, 0.717) is 18.4 Å². The molecule has 162 valence electrons. The van der Waals surface area contributed by atoms with Gasteiger partial charge in [-0.3, -0.25) is 14.9 Å². The molecule has 29 heavy (non-hydrogen) atoms. The summed E-state index contributed by atoms with van der Waals surface area (Å²) < 4.78 is 32.1. The number of rotatable bonds is 8. The molecule has 1 aliphatic rings. The second kappa shape index (κ2) is 9.61. The van der Waals surface area contributed by atoms with Crippen LogP contribution in [0.25, 0.3) is 0 Å². The fraction of sp³-hybridized carbons (Fsp3) is 0.611. The van der Waals surface area contributed by atoms with Gasteiger partial charge in [0.05, 0.1) is 22.5 Å². The van der Waals surface area contributed by atoms with Gasteiger partial charge in [0.1, 0.15) is 0 Å². The molecular formula is C18H27N3O7S. The van der Waals surface area contributed by atoms with Crippen molar-refractivity contribution in [1.82, 2.24) is 9.21 Å². The number of carbonyl (C=O) groups is 1. The van der Waals surface area contributed by atoms with E-state index in [1.54, 1.807) is 14.0 Å². The number of amides is 1. The van der Waals surface area contributed by atoms with Gasteiger partial charge in [-0.2, -0.15) is 4.31 Å². The quantitative estimate of drug-likeness (QED) is 0.477. The predicted octanol–water partition coefficient (Wildman–Crippen LogP) is 0.770. The molecule has 0 radical (unpaired) electrons. The number of aliphatic hydroxyl groups is 1. The van der Waals surface area contributed by atoms with Crippen molar-refractivity contribution in [2.24, 2.45) is 5.92 Å². The van der Waals surface area contributed by atoms with Crippen molar-refractivity contribution in [2.75, 3.05) is 40.4 Å². The van der Waals surface area contributed by atoms with Gasteiger partial charge in [-0.25, -0.2) is 8.42 Å². The van der Waals surface area contributed by atoms with Gasteiger partial charge in [0.15, 0.2) is 0 Å². The van der Waals surface area contributed by atoms with Crippen molar-refractivity contribution >= 4 is 21.6 Å². The Balaban J connectivity index is 2.06. The number of aliphatic hydroxyl groups excluding tert-OH is 1. The summed E-state index contributed by atoms with van der Waals surface area (Å²) >= 11 is 0. The average molecular weight is 429 g/mol. The van der Waals surface area contributed by atoms with Crippen LogP contribution in [0.15, 0.2) is 23.1 Å². The van der Waals surface area contributed by atoms with E-state index in [2.05, 4.69) is 0 Å². The van der Waals surface area contributed by atoms with Crippen LogP contribution >= 0.6 is 0 Å². The highest BCUT2D eigenvalue weighted by molar-refractivity contribution is 7.89. The Kier molecular flexibility index (Phi) is 7.69. The lowest BCUT2D eigenvalue weighted by molar-refractivity contribution is -0.385. The van der Waals surface area contributed by atoms with Crippen molar-refractivity contribution in [2.45, 2.75) is 30.8 Å². The van der Waals surface area contributed by atoms with Crippen LogP contribution in [0.1, 0.15) is 18.4 Å². The number of methoxy groups -OCH3 is 1. The van der Waals surface area contributed by atoms with Gasteiger partial charge in [0.25, 0.3) is 5.69 Å². The summed E-state index contributed by atoms with van der Waals surface area (Å²) in [5.74, 6) is -0.490. The molecule has 1 aliphatic heterocycles. The van der Waals surface area contributed by atoms with E-state index in [9.17, 15) is 28.4 Å². The molecule has 1 atom stereocenters. The Morgan fingerprint density at radius 1 is 1.41 bits per heavy atom. The number of benzene rings is 1. The minimum atomic E-state index is -3.90. The maximum Gasteiger partial charge on any atom is 0.270 e. The van der Waals surface area contributed by atoms with Crippen LogP contribution in [0.5, 0.6) is 0 Å². The summed E-state index contributed by atoms with van der Waals surface area (Å²) in [6, 6.07) is 3.77. The summed E-state index contributed by atoms with van der Waals surface area (Å²) in [6.07, 6.45) is -0.0979. The molecule has 1 aromatic rings. The van der Waals surface area contributed by atoms with Gasteiger partial charge >= 0.3 is 0 Å². The van der Waals surface area contributed by atoms with Crippen molar-refractivity contribution in [1.29, 1.82) is 0 Å². The number of nitrogens with zero attached hydrogens (tertiary/aromatic N) is 3. The molecule has 0 aliphatic carbocycles. The predicted molar refractivity (Wildman–Crippen MR) is 105 cm³/mol. The van der Waals surface area contributed by atoms with E-state index in [0.717, 1.165) is 6.07 Å². The number of sulfonamides is 1. The highest BCUT2D eigenvalue weighted by Crippen LogP contribution is 2.28. The number of piperidine rings is 1. The van der Waals surface area contributed by atoms with Crippen molar-refractivity contribution < 1.29 is 28.0 Å². The Morgan fingerprint density at radius 2 is 2.03 bits per heavy atom. The number of aryl methyl sites for hydroxylation is 1. The second-order valence-electron chi connectivity index (χ2n) is 7.21. The third kappa shape index (κ3) is 5.50. The van der Waals surface area contributed by atoms with E-state index in [1.165, 1.54) is 28.4 Å². The first-order valence-corrected chi connectivity index (χ1v) is 10.7. The Labute approximate surface area is 170 Å². The van der Waals surface area contributed by atoms with Crippen LogP contribution < -0.4 is 0 Å². The monoisotopic (exact) mass is 429 g/mol. The molecule has 1 amide bonds. The number of hydrogen-bond donors (Lipinski definition) is 1. The number of carbonyl (C=O) groups excluding carboxylic acids is 1. The Morgan fingerprint density at radius 3 is 2.59 bits per heavy atom. The zero-order valence-corrected chi connectivity index (χ0v) is 17.6. The zero-order valence-electron chi connectivity index (χ0n) is 16.8. The van der Waals surface area contributed by atoms with Crippen LogP contribution in [0.2, 0.25) is 0 Å². The SMILES string of the molecule is COC[C@H](O)CN(C)C(=O)C1CCN(S(=O)(=O)c2cc([N+](=O)[O-])ccc2C)CC1. The molecule has 1 saturated heterocycles. The molecule has 0 saturated carbocycles. The van der Waals surface area contributed by atoms with Crippen molar-refractivity contribution in [3.05, 3.63) is 33.9 Å². The van der Waals surface area contributed by atoms with Crippen LogP contribution in [0.4, 0.5) is 5.69 Å². The molecule has 11 heteroatoms. The summed E-state index contributed by atoms with van der Waals surface area (Å²) in [6.45, 7) is 2.15. The third-order valence-corrected chi connectivity index (χ3v) is 7.06. The first-order chi connectivity index (χ1) is 13.6. The average Bonchev–Trinajstić information content (AvgIpc) is 2.67. The topological polar surface area (TPSA) is 130 Å². The van der Waals surface area contributed by atoms with Crippen LogP contribution in [0.3, 0.4) is 0 Å². The molecule has 2 rings (SSSR count). The second-order valence-corrected chi connectivity index (χ2v) is 9.12. The van der Waals surface area contributed by atoms with E-state index in [1.807, 2.05) is 0 Å². The minimum absolute atomic E-state index is 0.0868. The standard InChI is InChI=1S/C18H27N3O7S/c1-13-4-5-15(21(24)25)10-17(13)29(26,27)20-8-6-14(7-9-20)18(23)19(2)11-16(22)12-28-3/h4-5,10,14,16,22H,6-9,11-12H2,1-3H3/t16-/m1/s1. The van der Waals surface area contributed by atoms with Gasteiger partial charge in [0, 0.05) is 51.8 Å². The van der Waals surface area contributed by atoms with Crippen LogP contribution in [-0.2, 0) is 19.6 Å². The first kappa shape index (κ1) is 23.2.